The molecule has 0 aliphatic carbocycles. The Morgan fingerprint density at radius 1 is 1.29 bits per heavy atom. The predicted octanol–water partition coefficient (Wildman–Crippen LogP) is 4.49. The molecule has 1 heterocycles. The van der Waals surface area contributed by atoms with Crippen molar-refractivity contribution in [1.82, 2.24) is 9.55 Å². The van der Waals surface area contributed by atoms with E-state index in [1.807, 2.05) is 22.8 Å². The van der Waals surface area contributed by atoms with Crippen molar-refractivity contribution >= 4 is 28.3 Å². The minimum atomic E-state index is -0.436. The molecule has 2 aromatic carbocycles. The maximum atomic E-state index is 13.7. The van der Waals surface area contributed by atoms with Crippen LogP contribution in [-0.2, 0) is 6.54 Å². The molecule has 0 aliphatic rings. The van der Waals surface area contributed by atoms with Crippen LogP contribution in [0.2, 0.25) is 5.02 Å². The molecule has 21 heavy (non-hydrogen) atoms. The SMILES string of the molecule is CCCn1c(-c2ccc(N)c(F)c2)nc2cccc(Cl)c21. The van der Waals surface area contributed by atoms with Gasteiger partial charge in [-0.25, -0.2) is 9.37 Å². The smallest absolute Gasteiger partial charge is 0.146 e. The molecule has 0 amide bonds. The lowest BCUT2D eigenvalue weighted by Gasteiger charge is -2.09. The third kappa shape index (κ3) is 2.36. The lowest BCUT2D eigenvalue weighted by molar-refractivity contribution is 0.632. The number of rotatable bonds is 3. The van der Waals surface area contributed by atoms with Crippen molar-refractivity contribution in [2.24, 2.45) is 0 Å². The van der Waals surface area contributed by atoms with Gasteiger partial charge in [0, 0.05) is 12.1 Å². The van der Waals surface area contributed by atoms with Crippen LogP contribution in [0.1, 0.15) is 13.3 Å². The summed E-state index contributed by atoms with van der Waals surface area (Å²) in [5, 5.41) is 0.649. The van der Waals surface area contributed by atoms with E-state index in [4.69, 9.17) is 17.3 Å². The minimum absolute atomic E-state index is 0.134. The van der Waals surface area contributed by atoms with Crippen LogP contribution in [0.25, 0.3) is 22.4 Å². The van der Waals surface area contributed by atoms with Crippen molar-refractivity contribution in [3.63, 3.8) is 0 Å². The zero-order valence-corrected chi connectivity index (χ0v) is 12.4. The molecule has 0 atom stereocenters. The number of halogens is 2. The Balaban J connectivity index is 2.28. The number of hydrogen-bond acceptors (Lipinski definition) is 2. The molecular weight excluding hydrogens is 289 g/mol. The van der Waals surface area contributed by atoms with Gasteiger partial charge < -0.3 is 10.3 Å². The normalized spacial score (nSPS) is 11.2. The van der Waals surface area contributed by atoms with Gasteiger partial charge in [0.15, 0.2) is 0 Å². The van der Waals surface area contributed by atoms with E-state index in [0.717, 1.165) is 24.0 Å². The van der Waals surface area contributed by atoms with Gasteiger partial charge in [0.2, 0.25) is 0 Å². The average molecular weight is 304 g/mol. The van der Waals surface area contributed by atoms with Crippen molar-refractivity contribution < 1.29 is 4.39 Å². The molecule has 0 spiro atoms. The molecule has 2 N–H and O–H groups in total. The lowest BCUT2D eigenvalue weighted by Crippen LogP contribution is -2.01. The highest BCUT2D eigenvalue weighted by Gasteiger charge is 2.15. The Morgan fingerprint density at radius 2 is 2.10 bits per heavy atom. The first-order valence-corrected chi connectivity index (χ1v) is 7.19. The van der Waals surface area contributed by atoms with E-state index in [9.17, 15) is 4.39 Å². The Labute approximate surface area is 127 Å². The third-order valence-electron chi connectivity index (χ3n) is 3.42. The lowest BCUT2D eigenvalue weighted by atomic mass is 10.2. The summed E-state index contributed by atoms with van der Waals surface area (Å²) in [4.78, 5) is 4.60. The summed E-state index contributed by atoms with van der Waals surface area (Å²) >= 11 is 6.30. The third-order valence-corrected chi connectivity index (χ3v) is 3.73. The second-order valence-electron chi connectivity index (χ2n) is 4.93. The number of benzene rings is 2. The van der Waals surface area contributed by atoms with E-state index in [-0.39, 0.29) is 5.69 Å². The minimum Gasteiger partial charge on any atom is -0.396 e. The largest absolute Gasteiger partial charge is 0.396 e. The number of hydrogen-bond donors (Lipinski definition) is 1. The number of fused-ring (bicyclic) bond motifs is 1. The zero-order chi connectivity index (χ0) is 15.0. The van der Waals surface area contributed by atoms with Crippen LogP contribution in [0.5, 0.6) is 0 Å². The van der Waals surface area contributed by atoms with Crippen LogP contribution in [0.15, 0.2) is 36.4 Å². The Bertz CT molecular complexity index is 811. The second-order valence-corrected chi connectivity index (χ2v) is 5.34. The maximum Gasteiger partial charge on any atom is 0.146 e. The van der Waals surface area contributed by atoms with Crippen molar-refractivity contribution in [2.45, 2.75) is 19.9 Å². The number of nitrogens with zero attached hydrogens (tertiary/aromatic N) is 2. The molecule has 3 rings (SSSR count). The fraction of sp³-hybridized carbons (Fsp3) is 0.188. The molecule has 0 fully saturated rings. The molecule has 0 saturated carbocycles. The van der Waals surface area contributed by atoms with Gasteiger partial charge in [-0.15, -0.1) is 0 Å². The van der Waals surface area contributed by atoms with Crippen molar-refractivity contribution in [1.29, 1.82) is 0 Å². The van der Waals surface area contributed by atoms with Gasteiger partial charge >= 0.3 is 0 Å². The first-order valence-electron chi connectivity index (χ1n) is 6.82. The van der Waals surface area contributed by atoms with Crippen LogP contribution in [0.4, 0.5) is 10.1 Å². The molecule has 3 aromatic rings. The summed E-state index contributed by atoms with van der Waals surface area (Å²) in [5.41, 5.74) is 8.06. The summed E-state index contributed by atoms with van der Waals surface area (Å²) in [6, 6.07) is 10.4. The maximum absolute atomic E-state index is 13.7. The molecule has 5 heteroatoms. The predicted molar refractivity (Wildman–Crippen MR) is 84.8 cm³/mol. The number of imidazole rings is 1. The quantitative estimate of drug-likeness (QED) is 0.725. The van der Waals surface area contributed by atoms with E-state index in [0.29, 0.717) is 16.4 Å². The topological polar surface area (TPSA) is 43.8 Å². The van der Waals surface area contributed by atoms with Gasteiger partial charge in [-0.2, -0.15) is 0 Å². The van der Waals surface area contributed by atoms with Crippen LogP contribution in [0, 0.1) is 5.82 Å². The van der Waals surface area contributed by atoms with Crippen LogP contribution >= 0.6 is 11.6 Å². The second kappa shape index (κ2) is 5.37. The van der Waals surface area contributed by atoms with Gasteiger partial charge in [0.1, 0.15) is 11.6 Å². The average Bonchev–Trinajstić information content (AvgIpc) is 2.83. The summed E-state index contributed by atoms with van der Waals surface area (Å²) in [7, 11) is 0. The molecule has 0 saturated heterocycles. The Morgan fingerprint density at radius 3 is 2.81 bits per heavy atom. The Kier molecular flexibility index (Phi) is 3.55. The summed E-state index contributed by atoms with van der Waals surface area (Å²) in [5.74, 6) is 0.271. The molecule has 108 valence electrons. The van der Waals surface area contributed by atoms with Crippen LogP contribution in [0.3, 0.4) is 0 Å². The van der Waals surface area contributed by atoms with Crippen molar-refractivity contribution in [3.05, 3.63) is 47.2 Å². The molecular formula is C16H15ClFN3. The summed E-state index contributed by atoms with van der Waals surface area (Å²) < 4.78 is 15.8. The van der Waals surface area contributed by atoms with Gasteiger partial charge in [-0.05, 0) is 36.8 Å². The standard InChI is InChI=1S/C16H15ClFN3/c1-2-8-21-15-11(17)4-3-5-14(15)20-16(21)10-6-7-13(19)12(18)9-10/h3-7,9H,2,8,19H2,1H3. The first kappa shape index (κ1) is 13.9. The van der Waals surface area contributed by atoms with Crippen molar-refractivity contribution in [3.8, 4) is 11.4 Å². The highest BCUT2D eigenvalue weighted by Crippen LogP contribution is 2.30. The molecule has 3 nitrogen and oxygen atoms in total. The van der Waals surface area contributed by atoms with E-state index in [1.54, 1.807) is 12.1 Å². The fourth-order valence-corrected chi connectivity index (χ4v) is 2.74. The molecule has 0 bridgehead atoms. The Hall–Kier alpha value is -2.07. The fourth-order valence-electron chi connectivity index (χ4n) is 2.47. The van der Waals surface area contributed by atoms with Gasteiger partial charge in [0.05, 0.1) is 21.7 Å². The molecule has 1 aromatic heterocycles. The van der Waals surface area contributed by atoms with E-state index in [1.165, 1.54) is 6.07 Å². The van der Waals surface area contributed by atoms with Crippen LogP contribution in [-0.4, -0.2) is 9.55 Å². The zero-order valence-electron chi connectivity index (χ0n) is 11.6. The van der Waals surface area contributed by atoms with E-state index < -0.39 is 5.82 Å². The van der Waals surface area contributed by atoms with Gasteiger partial charge in [-0.1, -0.05) is 24.6 Å². The van der Waals surface area contributed by atoms with E-state index in [2.05, 4.69) is 11.9 Å². The van der Waals surface area contributed by atoms with Gasteiger partial charge in [0.25, 0.3) is 0 Å². The first-order chi connectivity index (χ1) is 10.1. The monoisotopic (exact) mass is 303 g/mol. The number of nitrogens with two attached hydrogens (primary N) is 1. The summed E-state index contributed by atoms with van der Waals surface area (Å²) in [6.45, 7) is 2.84. The number of para-hydroxylation sites is 1. The van der Waals surface area contributed by atoms with Gasteiger partial charge in [-0.3, -0.25) is 0 Å². The van der Waals surface area contributed by atoms with Crippen LogP contribution < -0.4 is 5.73 Å². The summed E-state index contributed by atoms with van der Waals surface area (Å²) in [6.07, 6.45) is 0.932. The highest BCUT2D eigenvalue weighted by molar-refractivity contribution is 6.35. The number of aryl methyl sites for hydroxylation is 1. The number of aromatic nitrogens is 2. The number of nitrogen functional groups attached to an aromatic ring is 1. The molecule has 0 unspecified atom stereocenters. The van der Waals surface area contributed by atoms with Crippen molar-refractivity contribution in [2.75, 3.05) is 5.73 Å². The molecule has 0 radical (unpaired) electrons. The number of anilines is 1. The molecule has 0 aliphatic heterocycles. The van der Waals surface area contributed by atoms with E-state index >= 15 is 0 Å². The highest BCUT2D eigenvalue weighted by atomic mass is 35.5.